The van der Waals surface area contributed by atoms with Crippen LogP contribution in [0.2, 0.25) is 0 Å². The molecule has 1 heterocycles. The number of carboxylic acid groups (broad SMARTS) is 1. The fourth-order valence-corrected chi connectivity index (χ4v) is 2.55. The quantitative estimate of drug-likeness (QED) is 0.903. The van der Waals surface area contributed by atoms with Crippen molar-refractivity contribution in [2.75, 3.05) is 0 Å². The van der Waals surface area contributed by atoms with E-state index in [-0.39, 0.29) is 6.42 Å². The largest absolute Gasteiger partial charge is 0.481 e. The summed E-state index contributed by atoms with van der Waals surface area (Å²) in [5.74, 6) is -0.779. The maximum atomic E-state index is 10.5. The van der Waals surface area contributed by atoms with E-state index >= 15 is 0 Å². The zero-order chi connectivity index (χ0) is 12.3. The van der Waals surface area contributed by atoms with E-state index < -0.39 is 5.97 Å². The van der Waals surface area contributed by atoms with Gasteiger partial charge < -0.3 is 5.11 Å². The van der Waals surface area contributed by atoms with Gasteiger partial charge in [0.15, 0.2) is 0 Å². The van der Waals surface area contributed by atoms with E-state index in [2.05, 4.69) is 4.98 Å². The van der Waals surface area contributed by atoms with Gasteiger partial charge in [-0.15, -0.1) is 11.3 Å². The molecule has 0 aliphatic carbocycles. The predicted molar refractivity (Wildman–Crippen MR) is 68.2 cm³/mol. The van der Waals surface area contributed by atoms with Crippen LogP contribution in [0.4, 0.5) is 0 Å². The molecule has 0 unspecified atom stereocenters. The van der Waals surface area contributed by atoms with Gasteiger partial charge in [0.2, 0.25) is 0 Å². The van der Waals surface area contributed by atoms with Crippen molar-refractivity contribution in [3.63, 3.8) is 0 Å². The molecule has 0 saturated heterocycles. The Morgan fingerprint density at radius 2 is 2.06 bits per heavy atom. The van der Waals surface area contributed by atoms with Gasteiger partial charge in [0, 0.05) is 16.9 Å². The second-order valence-corrected chi connectivity index (χ2v) is 4.98. The van der Waals surface area contributed by atoms with Crippen LogP contribution in [0.1, 0.15) is 17.0 Å². The first kappa shape index (κ1) is 11.8. The van der Waals surface area contributed by atoms with Crippen LogP contribution < -0.4 is 0 Å². The van der Waals surface area contributed by atoms with Gasteiger partial charge in [-0.2, -0.15) is 0 Å². The standard InChI is InChI=1S/C13H13NO2S/c1-9-11(7-8-12(15)16)14-13(17-9)10-5-3-2-4-6-10/h2-6H,7-8H2,1H3,(H,15,16). The summed E-state index contributed by atoms with van der Waals surface area (Å²) in [7, 11) is 0. The monoisotopic (exact) mass is 247 g/mol. The third-order valence-corrected chi connectivity index (χ3v) is 3.55. The van der Waals surface area contributed by atoms with E-state index in [9.17, 15) is 4.79 Å². The number of carboxylic acids is 1. The molecule has 0 spiro atoms. The van der Waals surface area contributed by atoms with Gasteiger partial charge in [-0.3, -0.25) is 4.79 Å². The number of thiazole rings is 1. The van der Waals surface area contributed by atoms with Crippen molar-refractivity contribution in [1.29, 1.82) is 0 Å². The molecular weight excluding hydrogens is 234 g/mol. The molecule has 2 rings (SSSR count). The van der Waals surface area contributed by atoms with Crippen LogP contribution in [-0.2, 0) is 11.2 Å². The Morgan fingerprint density at radius 3 is 2.71 bits per heavy atom. The Morgan fingerprint density at radius 1 is 1.35 bits per heavy atom. The van der Waals surface area contributed by atoms with Gasteiger partial charge in [0.1, 0.15) is 5.01 Å². The summed E-state index contributed by atoms with van der Waals surface area (Å²) in [6, 6.07) is 9.94. The van der Waals surface area contributed by atoms with Gasteiger partial charge in [0.05, 0.1) is 12.1 Å². The molecule has 0 amide bonds. The highest BCUT2D eigenvalue weighted by Gasteiger charge is 2.10. The number of aromatic nitrogens is 1. The minimum atomic E-state index is -0.779. The molecule has 1 aromatic heterocycles. The van der Waals surface area contributed by atoms with Crippen LogP contribution in [0.3, 0.4) is 0 Å². The van der Waals surface area contributed by atoms with Crippen LogP contribution in [0, 0.1) is 6.92 Å². The number of hydrogen-bond acceptors (Lipinski definition) is 3. The summed E-state index contributed by atoms with van der Waals surface area (Å²) < 4.78 is 0. The third-order valence-electron chi connectivity index (χ3n) is 2.49. The Balaban J connectivity index is 2.22. The van der Waals surface area contributed by atoms with Crippen molar-refractivity contribution in [3.8, 4) is 10.6 Å². The molecule has 0 bridgehead atoms. The zero-order valence-corrected chi connectivity index (χ0v) is 10.3. The van der Waals surface area contributed by atoms with E-state index in [0.717, 1.165) is 21.1 Å². The SMILES string of the molecule is Cc1sc(-c2ccccc2)nc1CCC(=O)O. The van der Waals surface area contributed by atoms with Gasteiger partial charge >= 0.3 is 5.97 Å². The number of rotatable bonds is 4. The fourth-order valence-electron chi connectivity index (χ4n) is 1.59. The Kier molecular flexibility index (Phi) is 3.54. The molecule has 0 radical (unpaired) electrons. The lowest BCUT2D eigenvalue weighted by molar-refractivity contribution is -0.136. The number of benzene rings is 1. The van der Waals surface area contributed by atoms with Gasteiger partial charge in [-0.05, 0) is 6.92 Å². The van der Waals surface area contributed by atoms with E-state index in [1.165, 1.54) is 0 Å². The molecule has 0 aliphatic heterocycles. The first-order chi connectivity index (χ1) is 8.16. The number of nitrogens with zero attached hydrogens (tertiary/aromatic N) is 1. The second kappa shape index (κ2) is 5.10. The Labute approximate surface area is 104 Å². The lowest BCUT2D eigenvalue weighted by Crippen LogP contribution is -1.98. The van der Waals surface area contributed by atoms with Crippen LogP contribution in [-0.4, -0.2) is 16.1 Å². The Hall–Kier alpha value is -1.68. The van der Waals surface area contributed by atoms with E-state index in [1.54, 1.807) is 11.3 Å². The molecular formula is C13H13NO2S. The topological polar surface area (TPSA) is 50.2 Å². The molecule has 0 aliphatic rings. The van der Waals surface area contributed by atoms with Crippen LogP contribution in [0.15, 0.2) is 30.3 Å². The number of carbonyl (C=O) groups is 1. The van der Waals surface area contributed by atoms with Crippen LogP contribution in [0.5, 0.6) is 0 Å². The maximum Gasteiger partial charge on any atom is 0.303 e. The second-order valence-electron chi connectivity index (χ2n) is 3.78. The molecule has 0 fully saturated rings. The summed E-state index contributed by atoms with van der Waals surface area (Å²) in [5.41, 5.74) is 1.98. The van der Waals surface area contributed by atoms with Crippen molar-refractivity contribution in [2.24, 2.45) is 0 Å². The van der Waals surface area contributed by atoms with E-state index in [1.807, 2.05) is 37.3 Å². The molecule has 1 aromatic carbocycles. The summed E-state index contributed by atoms with van der Waals surface area (Å²) in [6.45, 7) is 1.99. The summed E-state index contributed by atoms with van der Waals surface area (Å²) >= 11 is 1.62. The highest BCUT2D eigenvalue weighted by atomic mass is 32.1. The highest BCUT2D eigenvalue weighted by molar-refractivity contribution is 7.15. The third kappa shape index (κ3) is 2.91. The van der Waals surface area contributed by atoms with Crippen LogP contribution >= 0.6 is 11.3 Å². The molecule has 3 nitrogen and oxygen atoms in total. The lowest BCUT2D eigenvalue weighted by atomic mass is 10.2. The first-order valence-electron chi connectivity index (χ1n) is 5.40. The molecule has 0 saturated carbocycles. The van der Waals surface area contributed by atoms with Crippen molar-refractivity contribution in [2.45, 2.75) is 19.8 Å². The Bertz CT molecular complexity index is 519. The van der Waals surface area contributed by atoms with Crippen molar-refractivity contribution >= 4 is 17.3 Å². The van der Waals surface area contributed by atoms with E-state index in [0.29, 0.717) is 6.42 Å². The molecule has 4 heteroatoms. The first-order valence-corrected chi connectivity index (χ1v) is 6.22. The zero-order valence-electron chi connectivity index (χ0n) is 9.51. The van der Waals surface area contributed by atoms with Crippen LogP contribution in [0.25, 0.3) is 10.6 Å². The minimum Gasteiger partial charge on any atom is -0.481 e. The van der Waals surface area contributed by atoms with Crippen molar-refractivity contribution < 1.29 is 9.90 Å². The molecule has 2 aromatic rings. The molecule has 0 atom stereocenters. The van der Waals surface area contributed by atoms with Crippen molar-refractivity contribution in [1.82, 2.24) is 4.98 Å². The summed E-state index contributed by atoms with van der Waals surface area (Å²) in [4.78, 5) is 16.1. The smallest absolute Gasteiger partial charge is 0.303 e. The number of aryl methyl sites for hydroxylation is 2. The normalized spacial score (nSPS) is 10.4. The molecule has 17 heavy (non-hydrogen) atoms. The van der Waals surface area contributed by atoms with Crippen molar-refractivity contribution in [3.05, 3.63) is 40.9 Å². The average Bonchev–Trinajstić information content (AvgIpc) is 2.69. The molecule has 1 N–H and O–H groups in total. The highest BCUT2D eigenvalue weighted by Crippen LogP contribution is 2.27. The predicted octanol–water partition coefficient (Wildman–Crippen LogP) is 3.14. The van der Waals surface area contributed by atoms with Gasteiger partial charge in [-0.1, -0.05) is 30.3 Å². The average molecular weight is 247 g/mol. The lowest BCUT2D eigenvalue weighted by Gasteiger charge is -1.94. The summed E-state index contributed by atoms with van der Waals surface area (Å²) in [5, 5.41) is 9.63. The number of hydrogen-bond donors (Lipinski definition) is 1. The number of aliphatic carboxylic acids is 1. The van der Waals surface area contributed by atoms with Gasteiger partial charge in [0.25, 0.3) is 0 Å². The van der Waals surface area contributed by atoms with E-state index in [4.69, 9.17) is 5.11 Å². The minimum absolute atomic E-state index is 0.138. The summed E-state index contributed by atoms with van der Waals surface area (Å²) in [6.07, 6.45) is 0.642. The maximum absolute atomic E-state index is 10.5. The molecule has 88 valence electrons. The van der Waals surface area contributed by atoms with Gasteiger partial charge in [-0.25, -0.2) is 4.98 Å². The fraction of sp³-hybridized carbons (Fsp3) is 0.231.